The summed E-state index contributed by atoms with van der Waals surface area (Å²) < 4.78 is 6.26. The second-order valence-electron chi connectivity index (χ2n) is 5.93. The van der Waals surface area contributed by atoms with Gasteiger partial charge in [-0.2, -0.15) is 0 Å². The van der Waals surface area contributed by atoms with E-state index >= 15 is 0 Å². The molecule has 3 aromatic heterocycles. The van der Waals surface area contributed by atoms with E-state index in [4.69, 9.17) is 4.98 Å². The summed E-state index contributed by atoms with van der Waals surface area (Å²) >= 11 is 0.615. The molecule has 0 atom stereocenters. The molecule has 3 nitrogen and oxygen atoms in total. The maximum absolute atomic E-state index is 4.74. The second kappa shape index (κ2) is 5.37. The molecule has 0 spiro atoms. The van der Waals surface area contributed by atoms with Crippen LogP contribution in [0.1, 0.15) is 5.56 Å². The molecular weight excluding hydrogens is 428 g/mol. The predicted octanol–water partition coefficient (Wildman–Crippen LogP) is 2.85. The van der Waals surface area contributed by atoms with Gasteiger partial charge in [0.25, 0.3) is 0 Å². The molecule has 0 radical (unpaired) electrons. The molecule has 5 aromatic rings. The Morgan fingerprint density at radius 1 is 1.00 bits per heavy atom. The van der Waals surface area contributed by atoms with Gasteiger partial charge in [-0.3, -0.25) is 0 Å². The normalized spacial score (nSPS) is 11.8. The van der Waals surface area contributed by atoms with Crippen LogP contribution in [0.4, 0.5) is 0 Å². The molecule has 0 aliphatic rings. The first-order chi connectivity index (χ1) is 11.7. The fourth-order valence-corrected chi connectivity index (χ4v) is 8.72. The zero-order valence-electron chi connectivity index (χ0n) is 13.3. The fourth-order valence-electron chi connectivity index (χ4n) is 3.35. The Hall–Kier alpha value is -1.77. The number of fused-ring (bicyclic) bond motifs is 4. The van der Waals surface area contributed by atoms with Crippen molar-refractivity contribution in [2.24, 2.45) is 7.05 Å². The zero-order valence-corrected chi connectivity index (χ0v) is 16.7. The number of hydrogen-bond donors (Lipinski definition) is 0. The summed E-state index contributed by atoms with van der Waals surface area (Å²) in [5.41, 5.74) is 5.16. The standard InChI is InChI=1S/C19H14N3Se2/c1-11-13-6-4-3-5-12(13)7-8-14(11)16-17-15(20-9-22(16)2)18-19(24-17)21-10-23-18/h3-10H,1-2H3/q+1. The van der Waals surface area contributed by atoms with Crippen molar-refractivity contribution in [1.29, 1.82) is 0 Å². The average Bonchev–Trinajstić information content (AvgIpc) is 3.17. The van der Waals surface area contributed by atoms with Crippen molar-refractivity contribution in [2.75, 3.05) is 0 Å². The molecule has 5 heteroatoms. The van der Waals surface area contributed by atoms with Gasteiger partial charge in [0, 0.05) is 0 Å². The fraction of sp³-hybridized carbons (Fsp3) is 0.105. The Morgan fingerprint density at radius 2 is 1.88 bits per heavy atom. The SMILES string of the molecule is Cc1c(-c2c3[se]c4nc[se]c4c3nc[n+]2C)ccc2ccccc12. The van der Waals surface area contributed by atoms with Crippen LogP contribution >= 0.6 is 0 Å². The minimum atomic E-state index is 0.263. The Bertz CT molecular complexity index is 1230. The molecule has 2 aromatic carbocycles. The van der Waals surface area contributed by atoms with Crippen LogP contribution in [0.15, 0.2) is 47.8 Å². The third-order valence-corrected chi connectivity index (χ3v) is 9.24. The monoisotopic (exact) mass is 444 g/mol. The first-order valence-electron chi connectivity index (χ1n) is 7.73. The van der Waals surface area contributed by atoms with Gasteiger partial charge in [-0.25, -0.2) is 0 Å². The number of aromatic nitrogens is 3. The number of nitrogens with zero attached hydrogens (tertiary/aromatic N) is 3. The molecule has 116 valence electrons. The van der Waals surface area contributed by atoms with Crippen LogP contribution in [-0.2, 0) is 7.05 Å². The molecule has 5 rings (SSSR count). The molecule has 0 N–H and O–H groups in total. The molecule has 0 saturated carbocycles. The molecule has 0 fully saturated rings. The van der Waals surface area contributed by atoms with Gasteiger partial charge >= 0.3 is 151 Å². The Labute approximate surface area is 151 Å². The number of benzene rings is 2. The second-order valence-corrected chi connectivity index (χ2v) is 9.82. The Balaban J connectivity index is 1.92. The van der Waals surface area contributed by atoms with Crippen LogP contribution < -0.4 is 4.57 Å². The van der Waals surface area contributed by atoms with Crippen molar-refractivity contribution in [2.45, 2.75) is 6.92 Å². The van der Waals surface area contributed by atoms with Gasteiger partial charge in [-0.05, 0) is 0 Å². The van der Waals surface area contributed by atoms with Crippen LogP contribution in [0.5, 0.6) is 0 Å². The number of aryl methyl sites for hydroxylation is 2. The van der Waals surface area contributed by atoms with Crippen LogP contribution in [0.2, 0.25) is 0 Å². The Morgan fingerprint density at radius 3 is 2.79 bits per heavy atom. The third kappa shape index (κ3) is 2.00. The van der Waals surface area contributed by atoms with Gasteiger partial charge in [0.15, 0.2) is 0 Å². The van der Waals surface area contributed by atoms with E-state index < -0.39 is 0 Å². The first-order valence-corrected chi connectivity index (χ1v) is 11.3. The first kappa shape index (κ1) is 14.6. The summed E-state index contributed by atoms with van der Waals surface area (Å²) in [4.78, 5) is 9.35. The summed E-state index contributed by atoms with van der Waals surface area (Å²) in [5.74, 6) is 0. The zero-order chi connectivity index (χ0) is 16.3. The summed E-state index contributed by atoms with van der Waals surface area (Å²) in [7, 11) is 2.10. The van der Waals surface area contributed by atoms with E-state index in [-0.39, 0.29) is 14.5 Å². The summed E-state index contributed by atoms with van der Waals surface area (Å²) in [6.07, 6.45) is 1.96. The molecule has 0 saturated heterocycles. The average molecular weight is 442 g/mol. The van der Waals surface area contributed by atoms with Crippen LogP contribution in [0, 0.1) is 6.92 Å². The van der Waals surface area contributed by atoms with E-state index in [0.29, 0.717) is 14.5 Å². The molecule has 0 aliphatic carbocycles. The van der Waals surface area contributed by atoms with E-state index in [1.165, 1.54) is 46.0 Å². The van der Waals surface area contributed by atoms with Crippen molar-refractivity contribution < 1.29 is 4.57 Å². The van der Waals surface area contributed by atoms with E-state index in [2.05, 4.69) is 65.0 Å². The maximum atomic E-state index is 4.74. The van der Waals surface area contributed by atoms with Crippen LogP contribution in [-0.4, -0.2) is 39.0 Å². The number of hydrogen-bond acceptors (Lipinski definition) is 2. The molecule has 0 aliphatic heterocycles. The van der Waals surface area contributed by atoms with Crippen LogP contribution in [0.25, 0.3) is 40.5 Å². The van der Waals surface area contributed by atoms with Crippen LogP contribution in [0.3, 0.4) is 0 Å². The molecule has 0 amide bonds. The third-order valence-electron chi connectivity index (χ3n) is 4.54. The van der Waals surface area contributed by atoms with Gasteiger partial charge in [0.1, 0.15) is 0 Å². The topological polar surface area (TPSA) is 29.7 Å². The quantitative estimate of drug-likeness (QED) is 0.295. The van der Waals surface area contributed by atoms with Crippen molar-refractivity contribution in [3.05, 3.63) is 53.4 Å². The van der Waals surface area contributed by atoms with Crippen molar-refractivity contribution in [1.82, 2.24) is 9.97 Å². The van der Waals surface area contributed by atoms with Crippen molar-refractivity contribution in [3.63, 3.8) is 0 Å². The molecule has 0 bridgehead atoms. The minimum absolute atomic E-state index is 0.263. The van der Waals surface area contributed by atoms with E-state index in [1.807, 2.05) is 6.33 Å². The van der Waals surface area contributed by atoms with E-state index in [9.17, 15) is 0 Å². The van der Waals surface area contributed by atoms with Crippen molar-refractivity contribution >= 4 is 58.2 Å². The summed E-state index contributed by atoms with van der Waals surface area (Å²) in [6, 6.07) is 13.1. The molecular formula is C19H14N3Se2+. The van der Waals surface area contributed by atoms with Gasteiger partial charge in [-0.15, -0.1) is 0 Å². The number of rotatable bonds is 1. The van der Waals surface area contributed by atoms with Gasteiger partial charge in [-0.1, -0.05) is 0 Å². The molecule has 24 heavy (non-hydrogen) atoms. The Kier molecular flexibility index (Phi) is 3.26. The van der Waals surface area contributed by atoms with E-state index in [0.717, 1.165) is 0 Å². The van der Waals surface area contributed by atoms with Gasteiger partial charge in [0.05, 0.1) is 0 Å². The van der Waals surface area contributed by atoms with E-state index in [1.54, 1.807) is 0 Å². The molecule has 3 heterocycles. The molecule has 0 unspecified atom stereocenters. The van der Waals surface area contributed by atoms with Crippen molar-refractivity contribution in [3.8, 4) is 11.3 Å². The van der Waals surface area contributed by atoms with Gasteiger partial charge < -0.3 is 0 Å². The van der Waals surface area contributed by atoms with Gasteiger partial charge in [0.2, 0.25) is 0 Å². The summed E-state index contributed by atoms with van der Waals surface area (Å²) in [5, 5.41) is 4.71. The predicted molar refractivity (Wildman–Crippen MR) is 99.8 cm³/mol. The summed E-state index contributed by atoms with van der Waals surface area (Å²) in [6.45, 7) is 2.23.